The molecule has 0 fully saturated rings. The van der Waals surface area contributed by atoms with Crippen molar-refractivity contribution in [2.45, 2.75) is 20.0 Å². The lowest BCUT2D eigenvalue weighted by atomic mass is 10.2. The van der Waals surface area contributed by atoms with Gasteiger partial charge in [0.25, 0.3) is 5.91 Å². The van der Waals surface area contributed by atoms with Gasteiger partial charge in [0, 0.05) is 5.56 Å². The highest BCUT2D eigenvalue weighted by molar-refractivity contribution is 9.10. The molecule has 0 saturated heterocycles. The minimum absolute atomic E-state index is 0.0353. The summed E-state index contributed by atoms with van der Waals surface area (Å²) in [6.07, 6.45) is 0.0353. The number of benzene rings is 2. The lowest BCUT2D eigenvalue weighted by Crippen LogP contribution is -2.34. The van der Waals surface area contributed by atoms with E-state index < -0.39 is 0 Å². The van der Waals surface area contributed by atoms with E-state index in [4.69, 9.17) is 40.2 Å². The lowest BCUT2D eigenvalue weighted by Gasteiger charge is -2.14. The first-order valence-corrected chi connectivity index (χ1v) is 9.26. The van der Waals surface area contributed by atoms with Crippen LogP contribution in [0.3, 0.4) is 0 Å². The number of thiocarbonyl (C=S) groups is 1. The van der Waals surface area contributed by atoms with Crippen LogP contribution in [0.1, 0.15) is 24.2 Å². The molecule has 0 bridgehead atoms. The summed E-state index contributed by atoms with van der Waals surface area (Å²) in [6, 6.07) is 10.1. The largest absolute Gasteiger partial charge is 0.490 e. The summed E-state index contributed by atoms with van der Waals surface area (Å²) in [5, 5.41) is 6.32. The number of carbonyl (C=O) groups excluding carboxylic acids is 1. The number of rotatable bonds is 4. The van der Waals surface area contributed by atoms with E-state index in [1.54, 1.807) is 36.4 Å². The number of amides is 1. The molecule has 4 nitrogen and oxygen atoms in total. The van der Waals surface area contributed by atoms with Gasteiger partial charge >= 0.3 is 0 Å². The summed E-state index contributed by atoms with van der Waals surface area (Å²) in [7, 11) is 0. The highest BCUT2D eigenvalue weighted by Gasteiger charge is 2.13. The van der Waals surface area contributed by atoms with Gasteiger partial charge in [0.1, 0.15) is 5.75 Å². The zero-order chi connectivity index (χ0) is 18.6. The standard InChI is InChI=1S/C17H15BrCl2N2O2S/c1-9(2)24-14-7-6-10(8-11(14)18)16(23)22-17(25)21-15-12(19)4-3-5-13(15)20/h3-9H,1-2H3,(H2,21,22,23,25). The summed E-state index contributed by atoms with van der Waals surface area (Å²) in [5.41, 5.74) is 0.871. The Kier molecular flexibility index (Phi) is 7.07. The van der Waals surface area contributed by atoms with Crippen LogP contribution >= 0.6 is 51.3 Å². The van der Waals surface area contributed by atoms with Gasteiger partial charge in [-0.2, -0.15) is 0 Å². The average molecular weight is 462 g/mol. The van der Waals surface area contributed by atoms with Gasteiger partial charge in [0.05, 0.1) is 26.3 Å². The number of nitrogens with one attached hydrogen (secondary N) is 2. The Labute approximate surface area is 170 Å². The minimum Gasteiger partial charge on any atom is -0.490 e. The van der Waals surface area contributed by atoms with Gasteiger partial charge in [0.15, 0.2) is 5.11 Å². The molecule has 0 radical (unpaired) electrons. The zero-order valence-corrected chi connectivity index (χ0v) is 17.3. The molecule has 0 aliphatic carbocycles. The van der Waals surface area contributed by atoms with Gasteiger partial charge < -0.3 is 10.1 Å². The second-order valence-corrected chi connectivity index (χ2v) is 7.39. The molecule has 1 amide bonds. The van der Waals surface area contributed by atoms with Gasteiger partial charge in [-0.1, -0.05) is 29.3 Å². The first-order chi connectivity index (χ1) is 11.8. The molecule has 0 aliphatic rings. The van der Waals surface area contributed by atoms with E-state index >= 15 is 0 Å². The van der Waals surface area contributed by atoms with Gasteiger partial charge in [-0.3, -0.25) is 10.1 Å². The second kappa shape index (κ2) is 8.85. The molecule has 0 atom stereocenters. The number of carbonyl (C=O) groups is 1. The predicted octanol–water partition coefficient (Wildman–Crippen LogP) is 5.67. The quantitative estimate of drug-likeness (QED) is 0.576. The molecule has 0 aliphatic heterocycles. The summed E-state index contributed by atoms with van der Waals surface area (Å²) >= 11 is 20.7. The van der Waals surface area contributed by atoms with Crippen LogP contribution in [-0.2, 0) is 0 Å². The smallest absolute Gasteiger partial charge is 0.257 e. The van der Waals surface area contributed by atoms with Crippen molar-refractivity contribution in [2.75, 3.05) is 5.32 Å². The van der Waals surface area contributed by atoms with Gasteiger partial charge in [0.2, 0.25) is 0 Å². The molecule has 2 N–H and O–H groups in total. The van der Waals surface area contributed by atoms with Crippen molar-refractivity contribution in [1.82, 2.24) is 5.32 Å². The molecule has 0 heterocycles. The Morgan fingerprint density at radius 1 is 1.20 bits per heavy atom. The average Bonchev–Trinajstić information content (AvgIpc) is 2.52. The van der Waals surface area contributed by atoms with Crippen LogP contribution in [0.4, 0.5) is 5.69 Å². The van der Waals surface area contributed by atoms with Crippen LogP contribution < -0.4 is 15.4 Å². The van der Waals surface area contributed by atoms with E-state index in [2.05, 4.69) is 26.6 Å². The Bertz CT molecular complexity index is 795. The molecular weight excluding hydrogens is 447 g/mol. The number of para-hydroxylation sites is 1. The van der Waals surface area contributed by atoms with Gasteiger partial charge in [-0.25, -0.2) is 0 Å². The maximum Gasteiger partial charge on any atom is 0.257 e. The summed E-state index contributed by atoms with van der Waals surface area (Å²) in [5.74, 6) is 0.299. The van der Waals surface area contributed by atoms with E-state index in [0.29, 0.717) is 31.5 Å². The van der Waals surface area contributed by atoms with Crippen molar-refractivity contribution >= 4 is 68.1 Å². The van der Waals surface area contributed by atoms with Crippen LogP contribution in [0.15, 0.2) is 40.9 Å². The molecular formula is C17H15BrCl2N2O2S. The monoisotopic (exact) mass is 460 g/mol. The SMILES string of the molecule is CC(C)Oc1ccc(C(=O)NC(=S)Nc2c(Cl)cccc2Cl)cc1Br. The first kappa shape index (κ1) is 20.0. The summed E-state index contributed by atoms with van der Waals surface area (Å²) < 4.78 is 6.30. The fraction of sp³-hybridized carbons (Fsp3) is 0.176. The van der Waals surface area contributed by atoms with E-state index in [9.17, 15) is 4.79 Å². The van der Waals surface area contributed by atoms with Crippen LogP contribution in [0.25, 0.3) is 0 Å². The zero-order valence-electron chi connectivity index (χ0n) is 13.4. The van der Waals surface area contributed by atoms with Crippen molar-refractivity contribution in [3.8, 4) is 5.75 Å². The topological polar surface area (TPSA) is 50.4 Å². The highest BCUT2D eigenvalue weighted by Crippen LogP contribution is 2.30. The summed E-state index contributed by atoms with van der Waals surface area (Å²) in [4.78, 5) is 12.3. The van der Waals surface area contributed by atoms with Crippen LogP contribution in [0, 0.1) is 0 Å². The van der Waals surface area contributed by atoms with Crippen LogP contribution in [-0.4, -0.2) is 17.1 Å². The van der Waals surface area contributed by atoms with Gasteiger partial charge in [-0.05, 0) is 72.3 Å². The maximum atomic E-state index is 12.3. The fourth-order valence-electron chi connectivity index (χ4n) is 1.93. The Morgan fingerprint density at radius 3 is 2.40 bits per heavy atom. The van der Waals surface area contributed by atoms with E-state index in [1.807, 2.05) is 13.8 Å². The van der Waals surface area contributed by atoms with Crippen molar-refractivity contribution in [1.29, 1.82) is 0 Å². The lowest BCUT2D eigenvalue weighted by molar-refractivity contribution is 0.0977. The first-order valence-electron chi connectivity index (χ1n) is 7.30. The Morgan fingerprint density at radius 2 is 1.84 bits per heavy atom. The number of anilines is 1. The fourth-order valence-corrected chi connectivity index (χ4v) is 3.09. The second-order valence-electron chi connectivity index (χ2n) is 5.32. The molecule has 2 aromatic rings. The van der Waals surface area contributed by atoms with Crippen molar-refractivity contribution in [2.24, 2.45) is 0 Å². The molecule has 25 heavy (non-hydrogen) atoms. The third-order valence-corrected chi connectivity index (χ3v) is 4.44. The van der Waals surface area contributed by atoms with E-state index in [1.165, 1.54) is 0 Å². The number of ether oxygens (including phenoxy) is 1. The summed E-state index contributed by atoms with van der Waals surface area (Å²) in [6.45, 7) is 3.86. The third-order valence-electron chi connectivity index (χ3n) is 2.99. The number of halogens is 3. The van der Waals surface area contributed by atoms with E-state index in [0.717, 1.165) is 0 Å². The Hall–Kier alpha value is -1.34. The number of hydrogen-bond acceptors (Lipinski definition) is 3. The van der Waals surface area contributed by atoms with Gasteiger partial charge in [-0.15, -0.1) is 0 Å². The molecule has 132 valence electrons. The molecule has 2 aromatic carbocycles. The van der Waals surface area contributed by atoms with Crippen molar-refractivity contribution in [3.05, 3.63) is 56.5 Å². The Balaban J connectivity index is 2.06. The minimum atomic E-state index is -0.363. The molecule has 0 saturated carbocycles. The highest BCUT2D eigenvalue weighted by atomic mass is 79.9. The van der Waals surface area contributed by atoms with Crippen LogP contribution in [0.5, 0.6) is 5.75 Å². The number of hydrogen-bond donors (Lipinski definition) is 2. The van der Waals surface area contributed by atoms with Crippen molar-refractivity contribution < 1.29 is 9.53 Å². The molecule has 0 spiro atoms. The van der Waals surface area contributed by atoms with Crippen LogP contribution in [0.2, 0.25) is 10.0 Å². The molecule has 0 unspecified atom stereocenters. The third kappa shape index (κ3) is 5.57. The molecule has 8 heteroatoms. The molecule has 0 aromatic heterocycles. The maximum absolute atomic E-state index is 12.3. The normalized spacial score (nSPS) is 10.5. The van der Waals surface area contributed by atoms with Crippen molar-refractivity contribution in [3.63, 3.8) is 0 Å². The van der Waals surface area contributed by atoms with E-state index in [-0.39, 0.29) is 17.1 Å². The molecule has 2 rings (SSSR count). The predicted molar refractivity (Wildman–Crippen MR) is 110 cm³/mol.